The molecule has 0 aromatic heterocycles. The summed E-state index contributed by atoms with van der Waals surface area (Å²) >= 11 is 0. The molecule has 2 aromatic rings. The van der Waals surface area contributed by atoms with Crippen molar-refractivity contribution < 1.29 is 9.47 Å². The van der Waals surface area contributed by atoms with E-state index in [4.69, 9.17) is 9.47 Å². The van der Waals surface area contributed by atoms with Gasteiger partial charge in [0.25, 0.3) is 0 Å². The van der Waals surface area contributed by atoms with Crippen LogP contribution >= 0.6 is 0 Å². The molecule has 3 rings (SSSR count). The molecule has 0 spiro atoms. The number of hydrogen-bond acceptors (Lipinski definition) is 2. The molecular formula is C17H18O2. The molecule has 2 nitrogen and oxygen atoms in total. The second-order valence-corrected chi connectivity index (χ2v) is 4.86. The molecule has 1 unspecified atom stereocenters. The van der Waals surface area contributed by atoms with E-state index in [-0.39, 0.29) is 0 Å². The van der Waals surface area contributed by atoms with Gasteiger partial charge in [0.1, 0.15) is 0 Å². The molecule has 1 atom stereocenters. The molecule has 98 valence electrons. The topological polar surface area (TPSA) is 18.5 Å². The molecule has 2 aromatic carbocycles. The fourth-order valence-corrected chi connectivity index (χ4v) is 2.63. The van der Waals surface area contributed by atoms with Crippen molar-refractivity contribution >= 4 is 0 Å². The van der Waals surface area contributed by atoms with Crippen molar-refractivity contribution in [2.24, 2.45) is 0 Å². The van der Waals surface area contributed by atoms with Gasteiger partial charge in [0, 0.05) is 5.92 Å². The summed E-state index contributed by atoms with van der Waals surface area (Å²) in [6.07, 6.45) is 2.30. The van der Waals surface area contributed by atoms with Gasteiger partial charge in [-0.1, -0.05) is 49.7 Å². The zero-order valence-electron chi connectivity index (χ0n) is 11.1. The van der Waals surface area contributed by atoms with E-state index < -0.39 is 0 Å². The summed E-state index contributed by atoms with van der Waals surface area (Å²) in [5, 5.41) is 0. The van der Waals surface area contributed by atoms with E-state index in [0.717, 1.165) is 24.3 Å². The fraction of sp³-hybridized carbons (Fsp3) is 0.294. The molecule has 0 aliphatic carbocycles. The Labute approximate surface area is 114 Å². The van der Waals surface area contributed by atoms with Crippen LogP contribution in [0.4, 0.5) is 0 Å². The molecule has 0 saturated heterocycles. The van der Waals surface area contributed by atoms with Crippen LogP contribution in [-0.2, 0) is 0 Å². The van der Waals surface area contributed by atoms with Crippen LogP contribution in [0.1, 0.15) is 36.8 Å². The van der Waals surface area contributed by atoms with Gasteiger partial charge in [-0.15, -0.1) is 0 Å². The molecule has 1 heterocycles. The Morgan fingerprint density at radius 2 is 1.74 bits per heavy atom. The molecular weight excluding hydrogens is 236 g/mol. The number of hydrogen-bond donors (Lipinski definition) is 0. The van der Waals surface area contributed by atoms with E-state index in [2.05, 4.69) is 49.4 Å². The van der Waals surface area contributed by atoms with Gasteiger partial charge in [0.15, 0.2) is 11.5 Å². The SMILES string of the molecule is CCCC(c1ccccc1)c1ccc2c(c1)OCO2. The third kappa shape index (κ3) is 2.43. The Balaban J connectivity index is 1.96. The van der Waals surface area contributed by atoms with Crippen LogP contribution in [0, 0.1) is 0 Å². The minimum absolute atomic E-state index is 0.336. The Kier molecular flexibility index (Phi) is 3.41. The van der Waals surface area contributed by atoms with Gasteiger partial charge in [-0.25, -0.2) is 0 Å². The predicted molar refractivity (Wildman–Crippen MR) is 75.8 cm³/mol. The number of rotatable bonds is 4. The van der Waals surface area contributed by atoms with Crippen molar-refractivity contribution in [2.75, 3.05) is 6.79 Å². The second kappa shape index (κ2) is 5.35. The Hall–Kier alpha value is -1.96. The van der Waals surface area contributed by atoms with E-state index >= 15 is 0 Å². The molecule has 0 amide bonds. The van der Waals surface area contributed by atoms with Gasteiger partial charge in [-0.2, -0.15) is 0 Å². The second-order valence-electron chi connectivity index (χ2n) is 4.86. The van der Waals surface area contributed by atoms with E-state index in [0.29, 0.717) is 12.7 Å². The molecule has 0 radical (unpaired) electrons. The van der Waals surface area contributed by atoms with Crippen LogP contribution in [0.15, 0.2) is 48.5 Å². The average molecular weight is 254 g/mol. The molecule has 0 N–H and O–H groups in total. The van der Waals surface area contributed by atoms with Crippen molar-refractivity contribution in [3.63, 3.8) is 0 Å². The zero-order valence-corrected chi connectivity index (χ0v) is 11.1. The molecule has 2 heteroatoms. The monoisotopic (exact) mass is 254 g/mol. The number of benzene rings is 2. The first-order valence-electron chi connectivity index (χ1n) is 6.83. The highest BCUT2D eigenvalue weighted by Gasteiger charge is 2.18. The Bertz CT molecular complexity index is 548. The van der Waals surface area contributed by atoms with Crippen LogP contribution in [0.3, 0.4) is 0 Å². The van der Waals surface area contributed by atoms with Crippen molar-refractivity contribution in [3.05, 3.63) is 59.7 Å². The quantitative estimate of drug-likeness (QED) is 0.807. The van der Waals surface area contributed by atoms with Crippen LogP contribution in [0.2, 0.25) is 0 Å². The standard InChI is InChI=1S/C17H18O2/c1-2-6-15(13-7-4-3-5-8-13)14-9-10-16-17(11-14)19-12-18-16/h3-5,7-11,15H,2,6,12H2,1H3. The number of fused-ring (bicyclic) bond motifs is 1. The summed E-state index contributed by atoms with van der Waals surface area (Å²) in [7, 11) is 0. The maximum atomic E-state index is 5.48. The molecule has 19 heavy (non-hydrogen) atoms. The highest BCUT2D eigenvalue weighted by molar-refractivity contribution is 5.47. The highest BCUT2D eigenvalue weighted by Crippen LogP contribution is 2.37. The maximum absolute atomic E-state index is 5.48. The minimum Gasteiger partial charge on any atom is -0.454 e. The normalized spacial score (nSPS) is 14.4. The van der Waals surface area contributed by atoms with Gasteiger partial charge in [0.05, 0.1) is 0 Å². The molecule has 1 aliphatic rings. The Morgan fingerprint density at radius 1 is 0.947 bits per heavy atom. The van der Waals surface area contributed by atoms with E-state index in [1.54, 1.807) is 0 Å². The average Bonchev–Trinajstić information content (AvgIpc) is 2.93. The number of ether oxygens (including phenoxy) is 2. The Morgan fingerprint density at radius 3 is 2.53 bits per heavy atom. The third-order valence-electron chi connectivity index (χ3n) is 3.58. The van der Waals surface area contributed by atoms with Gasteiger partial charge in [-0.3, -0.25) is 0 Å². The minimum atomic E-state index is 0.336. The van der Waals surface area contributed by atoms with Crippen LogP contribution in [0.25, 0.3) is 0 Å². The van der Waals surface area contributed by atoms with E-state index in [9.17, 15) is 0 Å². The van der Waals surface area contributed by atoms with E-state index in [1.165, 1.54) is 11.1 Å². The lowest BCUT2D eigenvalue weighted by Gasteiger charge is -2.17. The van der Waals surface area contributed by atoms with Crippen molar-refractivity contribution in [1.82, 2.24) is 0 Å². The van der Waals surface area contributed by atoms with Gasteiger partial charge in [0.2, 0.25) is 6.79 Å². The summed E-state index contributed by atoms with van der Waals surface area (Å²) in [6, 6.07) is 17.0. The summed E-state index contributed by atoms with van der Waals surface area (Å²) in [4.78, 5) is 0. The maximum Gasteiger partial charge on any atom is 0.231 e. The van der Waals surface area contributed by atoms with Crippen LogP contribution in [0.5, 0.6) is 11.5 Å². The van der Waals surface area contributed by atoms with Crippen molar-refractivity contribution in [2.45, 2.75) is 25.7 Å². The predicted octanol–water partition coefficient (Wildman–Crippen LogP) is 4.35. The third-order valence-corrected chi connectivity index (χ3v) is 3.58. The first-order valence-corrected chi connectivity index (χ1v) is 6.83. The summed E-state index contributed by atoms with van der Waals surface area (Å²) in [5.41, 5.74) is 2.67. The first-order chi connectivity index (χ1) is 9.38. The van der Waals surface area contributed by atoms with Gasteiger partial charge in [-0.05, 0) is 29.7 Å². The van der Waals surface area contributed by atoms with Gasteiger partial charge >= 0.3 is 0 Å². The largest absolute Gasteiger partial charge is 0.454 e. The first kappa shape index (κ1) is 12.1. The van der Waals surface area contributed by atoms with E-state index in [1.807, 2.05) is 6.07 Å². The summed E-state index contributed by atoms with van der Waals surface area (Å²) < 4.78 is 10.9. The molecule has 0 saturated carbocycles. The lowest BCUT2D eigenvalue weighted by Crippen LogP contribution is -2.00. The van der Waals surface area contributed by atoms with Gasteiger partial charge < -0.3 is 9.47 Å². The summed E-state index contributed by atoms with van der Waals surface area (Å²) in [6.45, 7) is 2.56. The zero-order chi connectivity index (χ0) is 13.1. The van der Waals surface area contributed by atoms with Crippen molar-refractivity contribution in [3.8, 4) is 11.5 Å². The highest BCUT2D eigenvalue weighted by atomic mass is 16.7. The molecule has 0 fully saturated rings. The lowest BCUT2D eigenvalue weighted by atomic mass is 9.87. The van der Waals surface area contributed by atoms with Crippen molar-refractivity contribution in [1.29, 1.82) is 0 Å². The lowest BCUT2D eigenvalue weighted by molar-refractivity contribution is 0.174. The fourth-order valence-electron chi connectivity index (χ4n) is 2.63. The van der Waals surface area contributed by atoms with Crippen LogP contribution in [-0.4, -0.2) is 6.79 Å². The smallest absolute Gasteiger partial charge is 0.231 e. The van der Waals surface area contributed by atoms with Crippen LogP contribution < -0.4 is 9.47 Å². The summed E-state index contributed by atoms with van der Waals surface area (Å²) in [5.74, 6) is 2.15. The molecule has 1 aliphatic heterocycles. The molecule has 0 bridgehead atoms.